The molecule has 0 unspecified atom stereocenters. The number of fused-ring (bicyclic) bond motifs is 1. The second kappa shape index (κ2) is 6.47. The lowest BCUT2D eigenvalue weighted by Crippen LogP contribution is -2.48. The maximum Gasteiger partial charge on any atom is 0.341 e. The molecule has 0 saturated carbocycles. The van der Waals surface area contributed by atoms with Gasteiger partial charge >= 0.3 is 5.97 Å². The SMILES string of the molecule is C[C@@H]1COC[C@H](c2cc(F)c[nH]c2=O)N1c1ccn2ncc(C(=O)O)c2n1. The van der Waals surface area contributed by atoms with E-state index in [4.69, 9.17) is 4.74 Å². The van der Waals surface area contributed by atoms with Crippen LogP contribution in [0.25, 0.3) is 5.65 Å². The number of nitrogens with zero attached hydrogens (tertiary/aromatic N) is 4. The van der Waals surface area contributed by atoms with Crippen molar-refractivity contribution in [3.05, 3.63) is 58.0 Å². The zero-order chi connectivity index (χ0) is 19.1. The van der Waals surface area contributed by atoms with Gasteiger partial charge in [0.25, 0.3) is 5.56 Å². The van der Waals surface area contributed by atoms with Crippen molar-refractivity contribution < 1.29 is 19.0 Å². The summed E-state index contributed by atoms with van der Waals surface area (Å²) in [5.41, 5.74) is -0.0422. The van der Waals surface area contributed by atoms with Gasteiger partial charge in [-0.05, 0) is 19.1 Å². The number of pyridine rings is 1. The van der Waals surface area contributed by atoms with Crippen LogP contribution in [0.3, 0.4) is 0 Å². The number of carbonyl (C=O) groups is 1. The molecule has 0 bridgehead atoms. The summed E-state index contributed by atoms with van der Waals surface area (Å²) in [6.07, 6.45) is 3.82. The van der Waals surface area contributed by atoms with Gasteiger partial charge < -0.3 is 19.7 Å². The van der Waals surface area contributed by atoms with Gasteiger partial charge in [-0.25, -0.2) is 18.7 Å². The van der Waals surface area contributed by atoms with Gasteiger partial charge in [0.2, 0.25) is 0 Å². The predicted molar refractivity (Wildman–Crippen MR) is 92.5 cm³/mol. The Morgan fingerprint density at radius 1 is 1.44 bits per heavy atom. The molecule has 1 saturated heterocycles. The van der Waals surface area contributed by atoms with Crippen LogP contribution in [0.2, 0.25) is 0 Å². The Kier molecular flexibility index (Phi) is 4.11. The number of aromatic nitrogens is 4. The molecule has 27 heavy (non-hydrogen) atoms. The first-order valence-electron chi connectivity index (χ1n) is 8.27. The maximum absolute atomic E-state index is 13.7. The molecule has 0 spiro atoms. The maximum atomic E-state index is 13.7. The predicted octanol–water partition coefficient (Wildman–Crippen LogP) is 1.22. The minimum absolute atomic E-state index is 0.0297. The standard InChI is InChI=1S/C17H16FN5O4/c1-9-7-27-8-13(11-4-10(18)5-19-16(11)24)23(9)14-2-3-22-15(21-14)12(6-20-22)17(25)26/h2-6,9,13H,7-8H2,1H3,(H,19,24)(H,25,26)/t9-,13-/m1/s1. The van der Waals surface area contributed by atoms with Crippen LogP contribution in [0.15, 0.2) is 35.5 Å². The van der Waals surface area contributed by atoms with Gasteiger partial charge in [-0.2, -0.15) is 5.10 Å². The molecule has 10 heteroatoms. The highest BCUT2D eigenvalue weighted by Crippen LogP contribution is 2.31. The molecule has 9 nitrogen and oxygen atoms in total. The lowest BCUT2D eigenvalue weighted by atomic mass is 10.0. The topological polar surface area (TPSA) is 113 Å². The fourth-order valence-electron chi connectivity index (χ4n) is 3.32. The minimum atomic E-state index is -1.14. The fourth-order valence-corrected chi connectivity index (χ4v) is 3.32. The molecule has 4 heterocycles. The molecule has 0 amide bonds. The Labute approximate surface area is 152 Å². The van der Waals surface area contributed by atoms with E-state index in [-0.39, 0.29) is 29.4 Å². The van der Waals surface area contributed by atoms with Gasteiger partial charge in [-0.15, -0.1) is 0 Å². The monoisotopic (exact) mass is 373 g/mol. The summed E-state index contributed by atoms with van der Waals surface area (Å²) < 4.78 is 20.7. The first-order chi connectivity index (χ1) is 13.0. The Hall–Kier alpha value is -3.27. The van der Waals surface area contributed by atoms with E-state index in [1.165, 1.54) is 16.8 Å². The largest absolute Gasteiger partial charge is 0.477 e. The summed E-state index contributed by atoms with van der Waals surface area (Å²) in [7, 11) is 0. The molecular formula is C17H16FN5O4. The zero-order valence-electron chi connectivity index (χ0n) is 14.3. The summed E-state index contributed by atoms with van der Waals surface area (Å²) >= 11 is 0. The van der Waals surface area contributed by atoms with E-state index in [1.807, 2.05) is 11.8 Å². The van der Waals surface area contributed by atoms with Gasteiger partial charge in [0.1, 0.15) is 17.2 Å². The van der Waals surface area contributed by atoms with Crippen LogP contribution in [0.4, 0.5) is 10.2 Å². The Morgan fingerprint density at radius 2 is 2.26 bits per heavy atom. The third-order valence-electron chi connectivity index (χ3n) is 4.55. The third-order valence-corrected chi connectivity index (χ3v) is 4.55. The second-order valence-electron chi connectivity index (χ2n) is 6.33. The highest BCUT2D eigenvalue weighted by molar-refractivity contribution is 5.94. The molecule has 140 valence electrons. The van der Waals surface area contributed by atoms with Crippen LogP contribution in [0.1, 0.15) is 28.9 Å². The quantitative estimate of drug-likeness (QED) is 0.710. The number of aromatic carboxylic acids is 1. The molecule has 3 aromatic heterocycles. The second-order valence-corrected chi connectivity index (χ2v) is 6.33. The molecule has 2 atom stereocenters. The summed E-state index contributed by atoms with van der Waals surface area (Å²) in [5.74, 6) is -1.24. The van der Waals surface area contributed by atoms with Crippen LogP contribution in [-0.2, 0) is 4.74 Å². The highest BCUT2D eigenvalue weighted by atomic mass is 19.1. The lowest BCUT2D eigenvalue weighted by molar-refractivity contribution is 0.0694. The van der Waals surface area contributed by atoms with Crippen molar-refractivity contribution in [3.63, 3.8) is 0 Å². The third kappa shape index (κ3) is 2.93. The average Bonchev–Trinajstić information content (AvgIpc) is 3.07. The summed E-state index contributed by atoms with van der Waals surface area (Å²) in [6, 6.07) is 2.11. The van der Waals surface area contributed by atoms with Crippen molar-refractivity contribution in [3.8, 4) is 0 Å². The van der Waals surface area contributed by atoms with Gasteiger partial charge in [0.05, 0.1) is 31.5 Å². The van der Waals surface area contributed by atoms with Gasteiger partial charge in [0.15, 0.2) is 5.65 Å². The van der Waals surface area contributed by atoms with Crippen LogP contribution in [0, 0.1) is 5.82 Å². The summed E-state index contributed by atoms with van der Waals surface area (Å²) in [6.45, 7) is 2.45. The number of rotatable bonds is 3. The average molecular weight is 373 g/mol. The van der Waals surface area contributed by atoms with E-state index in [2.05, 4.69) is 15.1 Å². The van der Waals surface area contributed by atoms with Crippen LogP contribution in [0.5, 0.6) is 0 Å². The first-order valence-corrected chi connectivity index (χ1v) is 8.27. The number of aromatic amines is 1. The highest BCUT2D eigenvalue weighted by Gasteiger charge is 2.33. The van der Waals surface area contributed by atoms with Gasteiger partial charge in [-0.3, -0.25) is 4.79 Å². The Balaban J connectivity index is 1.84. The minimum Gasteiger partial charge on any atom is -0.477 e. The number of hydrogen-bond acceptors (Lipinski definition) is 6. The molecule has 1 aliphatic heterocycles. The fraction of sp³-hybridized carbons (Fsp3) is 0.294. The van der Waals surface area contributed by atoms with Crippen molar-refractivity contribution in [1.29, 1.82) is 0 Å². The summed E-state index contributed by atoms with van der Waals surface area (Å²) in [4.78, 5) is 32.3. The van der Waals surface area contributed by atoms with Gasteiger partial charge in [0, 0.05) is 18.0 Å². The Morgan fingerprint density at radius 3 is 3.04 bits per heavy atom. The number of hydrogen-bond donors (Lipinski definition) is 2. The lowest BCUT2D eigenvalue weighted by Gasteiger charge is -2.41. The zero-order valence-corrected chi connectivity index (χ0v) is 14.3. The number of morpholine rings is 1. The number of halogens is 1. The number of ether oxygens (including phenoxy) is 1. The Bertz CT molecular complexity index is 1080. The number of anilines is 1. The van der Waals surface area contributed by atoms with Crippen molar-refractivity contribution in [2.75, 3.05) is 18.1 Å². The number of carboxylic acids is 1. The smallest absolute Gasteiger partial charge is 0.341 e. The van der Waals surface area contributed by atoms with E-state index in [0.29, 0.717) is 12.4 Å². The van der Waals surface area contributed by atoms with E-state index >= 15 is 0 Å². The molecule has 2 N–H and O–H groups in total. The van der Waals surface area contributed by atoms with Gasteiger partial charge in [-0.1, -0.05) is 0 Å². The first kappa shape index (κ1) is 17.2. The van der Waals surface area contributed by atoms with Crippen molar-refractivity contribution >= 4 is 17.4 Å². The summed E-state index contributed by atoms with van der Waals surface area (Å²) in [5, 5.41) is 13.3. The van der Waals surface area contributed by atoms with Crippen molar-refractivity contribution in [1.82, 2.24) is 19.6 Å². The normalized spacial score (nSPS) is 20.1. The number of carboxylic acid groups (broad SMARTS) is 1. The van der Waals surface area contributed by atoms with Crippen LogP contribution < -0.4 is 10.5 Å². The molecule has 1 aliphatic rings. The molecular weight excluding hydrogens is 357 g/mol. The van der Waals surface area contributed by atoms with Crippen LogP contribution in [-0.4, -0.2) is 49.9 Å². The van der Waals surface area contributed by atoms with Crippen molar-refractivity contribution in [2.45, 2.75) is 19.0 Å². The molecule has 0 aliphatic carbocycles. The molecule has 0 radical (unpaired) electrons. The molecule has 0 aromatic carbocycles. The van der Waals surface area contributed by atoms with E-state index < -0.39 is 23.4 Å². The van der Waals surface area contributed by atoms with E-state index in [1.54, 1.807) is 12.3 Å². The van der Waals surface area contributed by atoms with E-state index in [0.717, 1.165) is 6.20 Å². The molecule has 1 fully saturated rings. The molecule has 3 aromatic rings. The number of H-pyrrole nitrogens is 1. The van der Waals surface area contributed by atoms with Crippen molar-refractivity contribution in [2.24, 2.45) is 0 Å². The van der Waals surface area contributed by atoms with E-state index in [9.17, 15) is 19.1 Å². The van der Waals surface area contributed by atoms with Crippen LogP contribution >= 0.6 is 0 Å². The number of nitrogens with one attached hydrogen (secondary N) is 1. The molecule has 4 rings (SSSR count).